The average molecular weight is 458 g/mol. The standard InChI is InChI=1S/C25H27N7O2/c1-17(27-7-8-28-24-11-19(13-29-24)21-14-30-32(2)16-21)18-5-4-6-22(9-18)31-25(33)20-10-23(34-3)15-26-12-20/h4-10,12-17,27H,11H2,1-3H3,(H,28,29)(H,31,33). The summed E-state index contributed by atoms with van der Waals surface area (Å²) >= 11 is 0. The van der Waals surface area contributed by atoms with E-state index >= 15 is 0 Å². The van der Waals surface area contributed by atoms with Crippen LogP contribution in [-0.4, -0.2) is 33.6 Å². The third-order valence-corrected chi connectivity index (χ3v) is 5.34. The van der Waals surface area contributed by atoms with E-state index in [9.17, 15) is 4.79 Å². The van der Waals surface area contributed by atoms with E-state index in [0.717, 1.165) is 29.0 Å². The molecule has 0 saturated heterocycles. The number of carbonyl (C=O) groups is 1. The monoisotopic (exact) mass is 457 g/mol. The second-order valence-electron chi connectivity index (χ2n) is 7.87. The molecule has 1 unspecified atom stereocenters. The van der Waals surface area contributed by atoms with Gasteiger partial charge in [0.05, 0.1) is 25.1 Å². The molecule has 1 aromatic carbocycles. The number of benzene rings is 1. The largest absolute Gasteiger partial charge is 0.495 e. The Hall–Kier alpha value is -4.40. The first-order chi connectivity index (χ1) is 16.5. The van der Waals surface area contributed by atoms with E-state index in [0.29, 0.717) is 17.0 Å². The van der Waals surface area contributed by atoms with Gasteiger partial charge in [0, 0.05) is 61.8 Å². The topological polar surface area (TPSA) is 105 Å². The molecule has 0 radical (unpaired) electrons. The van der Waals surface area contributed by atoms with E-state index in [-0.39, 0.29) is 11.9 Å². The maximum absolute atomic E-state index is 12.6. The number of ether oxygens (including phenoxy) is 1. The van der Waals surface area contributed by atoms with Gasteiger partial charge in [-0.25, -0.2) is 4.99 Å². The van der Waals surface area contributed by atoms with Crippen LogP contribution >= 0.6 is 0 Å². The van der Waals surface area contributed by atoms with Crippen LogP contribution in [0.2, 0.25) is 0 Å². The van der Waals surface area contributed by atoms with Crippen molar-refractivity contribution in [2.24, 2.45) is 12.0 Å². The maximum atomic E-state index is 12.6. The van der Waals surface area contributed by atoms with Crippen LogP contribution in [0.4, 0.5) is 5.69 Å². The number of aliphatic imine (C=N–C) groups is 1. The van der Waals surface area contributed by atoms with Gasteiger partial charge in [-0.15, -0.1) is 0 Å². The summed E-state index contributed by atoms with van der Waals surface area (Å²) in [5.74, 6) is 1.17. The summed E-state index contributed by atoms with van der Waals surface area (Å²) in [6.07, 6.45) is 13.2. The Balaban J connectivity index is 1.27. The van der Waals surface area contributed by atoms with Gasteiger partial charge >= 0.3 is 0 Å². The van der Waals surface area contributed by atoms with Crippen molar-refractivity contribution in [3.8, 4) is 5.75 Å². The van der Waals surface area contributed by atoms with E-state index in [1.165, 1.54) is 13.3 Å². The number of nitrogens with zero attached hydrogens (tertiary/aromatic N) is 4. The smallest absolute Gasteiger partial charge is 0.257 e. The highest BCUT2D eigenvalue weighted by Crippen LogP contribution is 2.22. The van der Waals surface area contributed by atoms with Crippen LogP contribution in [0, 0.1) is 0 Å². The summed E-state index contributed by atoms with van der Waals surface area (Å²) in [5, 5.41) is 13.7. The molecule has 3 aromatic rings. The molecular weight excluding hydrogens is 430 g/mol. The number of aryl methyl sites for hydroxylation is 1. The lowest BCUT2D eigenvalue weighted by Crippen LogP contribution is -2.18. The molecule has 4 rings (SSSR count). The van der Waals surface area contributed by atoms with Crippen LogP contribution in [-0.2, 0) is 7.05 Å². The third kappa shape index (κ3) is 5.69. The second kappa shape index (κ2) is 10.5. The molecule has 1 amide bonds. The molecule has 1 aliphatic rings. The van der Waals surface area contributed by atoms with Crippen molar-refractivity contribution in [1.82, 2.24) is 25.4 Å². The SMILES string of the molecule is COc1cncc(C(=O)Nc2cccc(C(C)NC=CNC3=NC=C(c4cnn(C)c4)C3)c2)c1. The molecule has 9 heteroatoms. The zero-order valence-electron chi connectivity index (χ0n) is 19.3. The fourth-order valence-corrected chi connectivity index (χ4v) is 3.45. The Morgan fingerprint density at radius 3 is 2.88 bits per heavy atom. The maximum Gasteiger partial charge on any atom is 0.257 e. The summed E-state index contributed by atoms with van der Waals surface area (Å²) in [6.45, 7) is 2.05. The van der Waals surface area contributed by atoms with E-state index < -0.39 is 0 Å². The lowest BCUT2D eigenvalue weighted by Gasteiger charge is -2.14. The minimum atomic E-state index is -0.246. The van der Waals surface area contributed by atoms with Crippen LogP contribution in [0.15, 0.2) is 78.7 Å². The number of hydrogen-bond donors (Lipinski definition) is 3. The van der Waals surface area contributed by atoms with Crippen molar-refractivity contribution in [2.45, 2.75) is 19.4 Å². The molecule has 0 aliphatic carbocycles. The van der Waals surface area contributed by atoms with E-state index in [4.69, 9.17) is 4.74 Å². The third-order valence-electron chi connectivity index (χ3n) is 5.34. The Bertz CT molecular complexity index is 1260. The van der Waals surface area contributed by atoms with Crippen LogP contribution in [0.1, 0.15) is 40.9 Å². The lowest BCUT2D eigenvalue weighted by molar-refractivity contribution is 0.102. The van der Waals surface area contributed by atoms with Gasteiger partial charge in [0.25, 0.3) is 5.91 Å². The molecule has 9 nitrogen and oxygen atoms in total. The molecule has 3 N–H and O–H groups in total. The second-order valence-corrected chi connectivity index (χ2v) is 7.87. The molecule has 0 spiro atoms. The predicted octanol–water partition coefficient (Wildman–Crippen LogP) is 3.63. The predicted molar refractivity (Wildman–Crippen MR) is 132 cm³/mol. The first kappa shape index (κ1) is 22.8. The molecular formula is C25H27N7O2. The summed E-state index contributed by atoms with van der Waals surface area (Å²) in [5.41, 5.74) is 4.38. The van der Waals surface area contributed by atoms with Crippen molar-refractivity contribution in [3.63, 3.8) is 0 Å². The molecule has 1 aliphatic heterocycles. The number of nitrogens with one attached hydrogen (secondary N) is 3. The van der Waals surface area contributed by atoms with Gasteiger partial charge in [-0.05, 0) is 36.3 Å². The van der Waals surface area contributed by atoms with Gasteiger partial charge < -0.3 is 20.7 Å². The zero-order valence-corrected chi connectivity index (χ0v) is 19.3. The number of pyridine rings is 1. The van der Waals surface area contributed by atoms with E-state index in [2.05, 4.69) is 31.0 Å². The van der Waals surface area contributed by atoms with Crippen LogP contribution in [0.25, 0.3) is 5.57 Å². The first-order valence-corrected chi connectivity index (χ1v) is 10.8. The summed E-state index contributed by atoms with van der Waals surface area (Å²) in [4.78, 5) is 21.0. The minimum Gasteiger partial charge on any atom is -0.495 e. The Morgan fingerprint density at radius 1 is 1.21 bits per heavy atom. The Morgan fingerprint density at radius 2 is 2.09 bits per heavy atom. The number of aromatic nitrogens is 3. The molecule has 0 saturated carbocycles. The molecule has 0 bridgehead atoms. The number of anilines is 1. The molecule has 3 heterocycles. The van der Waals surface area contributed by atoms with Gasteiger partial charge in [0.2, 0.25) is 0 Å². The van der Waals surface area contributed by atoms with Crippen molar-refractivity contribution in [3.05, 3.63) is 90.4 Å². The van der Waals surface area contributed by atoms with Crippen molar-refractivity contribution in [1.29, 1.82) is 0 Å². The highest BCUT2D eigenvalue weighted by atomic mass is 16.5. The van der Waals surface area contributed by atoms with Crippen LogP contribution in [0.3, 0.4) is 0 Å². The van der Waals surface area contributed by atoms with Crippen LogP contribution in [0.5, 0.6) is 5.75 Å². The zero-order chi connectivity index (χ0) is 23.9. The Labute approximate surface area is 198 Å². The highest BCUT2D eigenvalue weighted by molar-refractivity contribution is 6.04. The number of methoxy groups -OCH3 is 1. The molecule has 174 valence electrons. The number of carbonyl (C=O) groups excluding carboxylic acids is 1. The summed E-state index contributed by atoms with van der Waals surface area (Å²) in [6, 6.07) is 9.39. The molecule has 34 heavy (non-hydrogen) atoms. The van der Waals surface area contributed by atoms with Crippen LogP contribution < -0.4 is 20.7 Å². The summed E-state index contributed by atoms with van der Waals surface area (Å²) in [7, 11) is 3.44. The fourth-order valence-electron chi connectivity index (χ4n) is 3.45. The van der Waals surface area contributed by atoms with E-state index in [1.54, 1.807) is 16.9 Å². The first-order valence-electron chi connectivity index (χ1n) is 10.8. The van der Waals surface area contributed by atoms with Gasteiger partial charge in [-0.2, -0.15) is 5.10 Å². The van der Waals surface area contributed by atoms with Crippen molar-refractivity contribution in [2.75, 3.05) is 12.4 Å². The van der Waals surface area contributed by atoms with Gasteiger partial charge in [0.1, 0.15) is 11.6 Å². The quantitative estimate of drug-likeness (QED) is 0.477. The van der Waals surface area contributed by atoms with E-state index in [1.807, 2.05) is 69.2 Å². The number of hydrogen-bond acceptors (Lipinski definition) is 7. The molecule has 1 atom stereocenters. The van der Waals surface area contributed by atoms with Gasteiger partial charge in [0.15, 0.2) is 0 Å². The number of amides is 1. The van der Waals surface area contributed by atoms with Gasteiger partial charge in [-0.3, -0.25) is 14.5 Å². The molecule has 2 aromatic heterocycles. The summed E-state index contributed by atoms with van der Waals surface area (Å²) < 4.78 is 6.92. The average Bonchev–Trinajstić information content (AvgIpc) is 3.51. The van der Waals surface area contributed by atoms with Crippen molar-refractivity contribution < 1.29 is 9.53 Å². The molecule has 0 fully saturated rings. The number of amidine groups is 1. The van der Waals surface area contributed by atoms with Gasteiger partial charge in [-0.1, -0.05) is 12.1 Å². The number of rotatable bonds is 8. The Kier molecular flexibility index (Phi) is 7.02. The van der Waals surface area contributed by atoms with Crippen molar-refractivity contribution >= 4 is 23.0 Å². The normalized spacial score (nSPS) is 13.9. The highest BCUT2D eigenvalue weighted by Gasteiger charge is 2.13. The fraction of sp³-hybridized carbons (Fsp3) is 0.200. The minimum absolute atomic E-state index is 0.0305. The lowest BCUT2D eigenvalue weighted by atomic mass is 10.1.